The number of hydrogen-bond acceptors (Lipinski definition) is 2. The molecule has 0 atom stereocenters. The topological polar surface area (TPSA) is 61.1 Å². The quantitative estimate of drug-likeness (QED) is 0.387. The average molecular weight is 351 g/mol. The van der Waals surface area contributed by atoms with Crippen LogP contribution < -0.4 is 0 Å². The number of rotatable bonds is 5. The van der Waals surface area contributed by atoms with E-state index in [1.54, 1.807) is 18.2 Å². The Morgan fingerprint density at radius 1 is 0.741 bits per heavy atom. The molecule has 0 aliphatic rings. The molecule has 3 aromatic carbocycles. The first kappa shape index (κ1) is 17.9. The van der Waals surface area contributed by atoms with Crippen LogP contribution in [0.1, 0.15) is 22.3 Å². The minimum Gasteiger partial charge on any atom is -0.477 e. The van der Waals surface area contributed by atoms with Gasteiger partial charge in [0.2, 0.25) is 0 Å². The van der Waals surface area contributed by atoms with Crippen molar-refractivity contribution >= 4 is 23.7 Å². The van der Waals surface area contributed by atoms with Crippen molar-refractivity contribution in [3.05, 3.63) is 113 Å². The molecule has 0 aliphatic carbocycles. The molecule has 0 spiro atoms. The molecule has 0 unspecified atom stereocenters. The number of aliphatic carboxylic acids is 1. The minimum absolute atomic E-state index is 0.285. The number of carboxylic acids is 1. The third-order valence-corrected chi connectivity index (χ3v) is 4.08. The van der Waals surface area contributed by atoms with Gasteiger partial charge in [-0.2, -0.15) is 5.26 Å². The minimum atomic E-state index is -1.23. The molecule has 0 saturated carbocycles. The van der Waals surface area contributed by atoms with E-state index in [9.17, 15) is 4.79 Å². The van der Waals surface area contributed by atoms with Gasteiger partial charge < -0.3 is 5.11 Å². The molecular formula is C24H17NO2. The molecule has 3 nitrogen and oxygen atoms in total. The molecule has 0 radical (unpaired) electrons. The summed E-state index contributed by atoms with van der Waals surface area (Å²) in [5.41, 5.74) is 4.71. The first-order valence-electron chi connectivity index (χ1n) is 8.45. The lowest BCUT2D eigenvalue weighted by atomic mass is 9.95. The summed E-state index contributed by atoms with van der Waals surface area (Å²) in [5.74, 6) is -1.23. The van der Waals surface area contributed by atoms with Gasteiger partial charge in [0.05, 0.1) is 0 Å². The zero-order chi connectivity index (χ0) is 19.1. The molecule has 0 aliphatic heterocycles. The van der Waals surface area contributed by atoms with E-state index in [-0.39, 0.29) is 5.57 Å². The lowest BCUT2D eigenvalue weighted by Crippen LogP contribution is -1.97. The van der Waals surface area contributed by atoms with Crippen molar-refractivity contribution in [1.29, 1.82) is 5.26 Å². The molecule has 3 aromatic rings. The van der Waals surface area contributed by atoms with Gasteiger partial charge in [0.15, 0.2) is 0 Å². The molecule has 0 saturated heterocycles. The normalized spacial score (nSPS) is 10.7. The van der Waals surface area contributed by atoms with Crippen LogP contribution in [0.25, 0.3) is 17.7 Å². The molecule has 1 N–H and O–H groups in total. The summed E-state index contributed by atoms with van der Waals surface area (Å²) in [4.78, 5) is 11.0. The van der Waals surface area contributed by atoms with E-state index in [0.29, 0.717) is 5.56 Å². The highest BCUT2D eigenvalue weighted by Gasteiger charge is 2.06. The Morgan fingerprint density at radius 3 is 1.59 bits per heavy atom. The van der Waals surface area contributed by atoms with Crippen molar-refractivity contribution < 1.29 is 9.90 Å². The van der Waals surface area contributed by atoms with Gasteiger partial charge in [-0.3, -0.25) is 0 Å². The molecule has 0 heterocycles. The highest BCUT2D eigenvalue weighted by molar-refractivity contribution is 5.96. The number of nitrogens with zero attached hydrogens (tertiary/aromatic N) is 1. The smallest absolute Gasteiger partial charge is 0.346 e. The van der Waals surface area contributed by atoms with E-state index >= 15 is 0 Å². The number of benzene rings is 3. The van der Waals surface area contributed by atoms with Crippen LogP contribution in [0.15, 0.2) is 90.5 Å². The lowest BCUT2D eigenvalue weighted by molar-refractivity contribution is -0.132. The van der Waals surface area contributed by atoms with E-state index < -0.39 is 5.97 Å². The maximum Gasteiger partial charge on any atom is 0.346 e. The summed E-state index contributed by atoms with van der Waals surface area (Å²) in [6, 6.07) is 29.4. The van der Waals surface area contributed by atoms with Crippen LogP contribution in [0, 0.1) is 11.3 Å². The molecule has 27 heavy (non-hydrogen) atoms. The predicted molar refractivity (Wildman–Crippen MR) is 108 cm³/mol. The summed E-state index contributed by atoms with van der Waals surface area (Å²) < 4.78 is 0. The summed E-state index contributed by atoms with van der Waals surface area (Å²) >= 11 is 0. The second kappa shape index (κ2) is 8.46. The molecule has 0 amide bonds. The van der Waals surface area contributed by atoms with Crippen molar-refractivity contribution in [2.45, 2.75) is 0 Å². The summed E-state index contributed by atoms with van der Waals surface area (Å²) in [7, 11) is 0. The van der Waals surface area contributed by atoms with Crippen LogP contribution in [0.4, 0.5) is 0 Å². The van der Waals surface area contributed by atoms with Gasteiger partial charge in [-0.15, -0.1) is 0 Å². The Morgan fingerprint density at radius 2 is 1.19 bits per heavy atom. The van der Waals surface area contributed by atoms with Crippen LogP contribution in [0.5, 0.6) is 0 Å². The third kappa shape index (κ3) is 4.59. The third-order valence-electron chi connectivity index (χ3n) is 4.08. The first-order chi connectivity index (χ1) is 13.2. The van der Waals surface area contributed by atoms with Crippen LogP contribution in [-0.2, 0) is 4.79 Å². The number of carbonyl (C=O) groups is 1. The zero-order valence-corrected chi connectivity index (χ0v) is 14.5. The fraction of sp³-hybridized carbons (Fsp3) is 0. The Labute approximate surface area is 158 Å². The van der Waals surface area contributed by atoms with Crippen molar-refractivity contribution in [2.75, 3.05) is 0 Å². The van der Waals surface area contributed by atoms with E-state index in [1.807, 2.05) is 48.5 Å². The van der Waals surface area contributed by atoms with Crippen LogP contribution in [0.3, 0.4) is 0 Å². The van der Waals surface area contributed by atoms with Crippen molar-refractivity contribution in [2.24, 2.45) is 0 Å². The zero-order valence-electron chi connectivity index (χ0n) is 14.5. The molecule has 130 valence electrons. The molecule has 0 aromatic heterocycles. The molecule has 0 bridgehead atoms. The second-order valence-electron chi connectivity index (χ2n) is 5.93. The highest BCUT2D eigenvalue weighted by Crippen LogP contribution is 2.26. The van der Waals surface area contributed by atoms with Crippen molar-refractivity contribution in [3.8, 4) is 6.07 Å². The number of carboxylic acid groups (broad SMARTS) is 1. The monoisotopic (exact) mass is 351 g/mol. The van der Waals surface area contributed by atoms with Gasteiger partial charge in [-0.1, -0.05) is 84.9 Å². The Kier molecular flexibility index (Phi) is 5.61. The molecule has 3 heteroatoms. The SMILES string of the molecule is N#C/C(=C\c1ccc(C=C(c2ccccc2)c2ccccc2)cc1)C(=O)O. The fourth-order valence-corrected chi connectivity index (χ4v) is 2.73. The van der Waals surface area contributed by atoms with Gasteiger partial charge in [-0.25, -0.2) is 4.79 Å². The highest BCUT2D eigenvalue weighted by atomic mass is 16.4. The standard InChI is InChI=1S/C24H17NO2/c25-17-22(24(26)27)15-18-11-13-19(14-12-18)16-23(20-7-3-1-4-8-20)21-9-5-2-6-10-21/h1-16H,(H,26,27)/b22-15+. The first-order valence-corrected chi connectivity index (χ1v) is 8.45. The number of nitriles is 1. The van der Waals surface area contributed by atoms with E-state index in [0.717, 1.165) is 22.3 Å². The van der Waals surface area contributed by atoms with Crippen LogP contribution in [-0.4, -0.2) is 11.1 Å². The van der Waals surface area contributed by atoms with E-state index in [4.69, 9.17) is 10.4 Å². The van der Waals surface area contributed by atoms with Crippen molar-refractivity contribution in [3.63, 3.8) is 0 Å². The summed E-state index contributed by atoms with van der Waals surface area (Å²) in [6.45, 7) is 0. The Hall–Kier alpha value is -3.90. The van der Waals surface area contributed by atoms with E-state index in [2.05, 4.69) is 30.3 Å². The molecule has 0 fully saturated rings. The maximum absolute atomic E-state index is 11.0. The molecule has 3 rings (SSSR count). The predicted octanol–water partition coefficient (Wildman–Crippen LogP) is 5.27. The van der Waals surface area contributed by atoms with Gasteiger partial charge in [0, 0.05) is 0 Å². The van der Waals surface area contributed by atoms with Gasteiger partial charge >= 0.3 is 5.97 Å². The Bertz CT molecular complexity index is 984. The lowest BCUT2D eigenvalue weighted by Gasteiger charge is -2.09. The van der Waals surface area contributed by atoms with Gasteiger partial charge in [-0.05, 0) is 40.0 Å². The molecular weight excluding hydrogens is 334 g/mol. The second-order valence-corrected chi connectivity index (χ2v) is 5.93. The van der Waals surface area contributed by atoms with Crippen molar-refractivity contribution in [1.82, 2.24) is 0 Å². The maximum atomic E-state index is 11.0. The van der Waals surface area contributed by atoms with E-state index in [1.165, 1.54) is 6.08 Å². The van der Waals surface area contributed by atoms with Gasteiger partial charge in [0.1, 0.15) is 11.6 Å². The van der Waals surface area contributed by atoms with Crippen LogP contribution in [0.2, 0.25) is 0 Å². The fourth-order valence-electron chi connectivity index (χ4n) is 2.73. The van der Waals surface area contributed by atoms with Gasteiger partial charge in [0.25, 0.3) is 0 Å². The summed E-state index contributed by atoms with van der Waals surface area (Å²) in [6.07, 6.45) is 3.46. The average Bonchev–Trinajstić information content (AvgIpc) is 2.72. The Balaban J connectivity index is 1.99. The number of hydrogen-bond donors (Lipinski definition) is 1. The largest absolute Gasteiger partial charge is 0.477 e. The summed E-state index contributed by atoms with van der Waals surface area (Å²) in [5, 5.41) is 17.8. The van der Waals surface area contributed by atoms with Crippen LogP contribution >= 0.6 is 0 Å².